The summed E-state index contributed by atoms with van der Waals surface area (Å²) >= 11 is 0. The van der Waals surface area contributed by atoms with E-state index in [1.54, 1.807) is 14.2 Å². The number of hydrogen-bond donors (Lipinski definition) is 1. The van der Waals surface area contributed by atoms with Crippen LogP contribution in [0.3, 0.4) is 0 Å². The highest BCUT2D eigenvalue weighted by Gasteiger charge is 2.33. The zero-order valence-electron chi connectivity index (χ0n) is 11.6. The van der Waals surface area contributed by atoms with Gasteiger partial charge in [-0.05, 0) is 49.3 Å². The van der Waals surface area contributed by atoms with E-state index in [1.165, 1.54) is 30.5 Å². The number of nitrogens with one attached hydrogen (secondary N) is 1. The lowest BCUT2D eigenvalue weighted by molar-refractivity contribution is 0.283. The van der Waals surface area contributed by atoms with E-state index in [-0.39, 0.29) is 12.4 Å². The Balaban J connectivity index is 0.00000133. The van der Waals surface area contributed by atoms with Crippen molar-refractivity contribution in [3.8, 4) is 11.5 Å². The number of hydrogen-bond acceptors (Lipinski definition) is 3. The topological polar surface area (TPSA) is 30.5 Å². The van der Waals surface area contributed by atoms with Gasteiger partial charge < -0.3 is 14.8 Å². The fourth-order valence-electron chi connectivity index (χ4n) is 3.56. The van der Waals surface area contributed by atoms with Crippen molar-refractivity contribution in [1.29, 1.82) is 0 Å². The molecule has 0 radical (unpaired) electrons. The second kappa shape index (κ2) is 6.02. The van der Waals surface area contributed by atoms with Gasteiger partial charge in [-0.25, -0.2) is 0 Å². The van der Waals surface area contributed by atoms with Crippen molar-refractivity contribution in [2.45, 2.75) is 25.2 Å². The number of benzene rings is 1. The number of rotatable bonds is 2. The van der Waals surface area contributed by atoms with Crippen LogP contribution in [0.15, 0.2) is 12.1 Å². The Morgan fingerprint density at radius 1 is 1.16 bits per heavy atom. The fourth-order valence-corrected chi connectivity index (χ4v) is 3.56. The van der Waals surface area contributed by atoms with Crippen LogP contribution < -0.4 is 14.8 Å². The molecule has 19 heavy (non-hydrogen) atoms. The van der Waals surface area contributed by atoms with Crippen LogP contribution >= 0.6 is 12.4 Å². The minimum atomic E-state index is 0. The van der Waals surface area contributed by atoms with Crippen molar-refractivity contribution in [3.05, 3.63) is 23.3 Å². The predicted molar refractivity (Wildman–Crippen MR) is 78.8 cm³/mol. The summed E-state index contributed by atoms with van der Waals surface area (Å²) in [4.78, 5) is 0. The maximum Gasteiger partial charge on any atom is 0.164 e. The first-order chi connectivity index (χ1) is 8.85. The zero-order chi connectivity index (χ0) is 12.5. The first-order valence-corrected chi connectivity index (χ1v) is 6.79. The predicted octanol–water partition coefficient (Wildman–Crippen LogP) is 2.76. The molecule has 2 atom stereocenters. The fraction of sp³-hybridized carbons (Fsp3) is 0.600. The average Bonchev–Trinajstić information content (AvgIpc) is 2.45. The van der Waals surface area contributed by atoms with Gasteiger partial charge >= 0.3 is 0 Å². The van der Waals surface area contributed by atoms with E-state index in [4.69, 9.17) is 9.47 Å². The minimum Gasteiger partial charge on any atom is -0.493 e. The molecule has 0 spiro atoms. The maximum atomic E-state index is 5.57. The maximum absolute atomic E-state index is 5.57. The molecule has 1 heterocycles. The number of halogens is 1. The lowest BCUT2D eigenvalue weighted by Crippen LogP contribution is -2.37. The molecule has 1 aromatic rings. The molecule has 1 aliphatic carbocycles. The molecule has 0 amide bonds. The molecule has 1 aliphatic heterocycles. The van der Waals surface area contributed by atoms with Gasteiger partial charge in [-0.2, -0.15) is 0 Å². The summed E-state index contributed by atoms with van der Waals surface area (Å²) in [6.45, 7) is 2.27. The summed E-state index contributed by atoms with van der Waals surface area (Å²) in [5, 5.41) is 3.52. The first kappa shape index (κ1) is 14.5. The van der Waals surface area contributed by atoms with Crippen LogP contribution in [0, 0.1) is 5.92 Å². The number of piperidine rings is 1. The lowest BCUT2D eigenvalue weighted by Gasteiger charge is -2.38. The number of fused-ring (bicyclic) bond motifs is 3. The van der Waals surface area contributed by atoms with Crippen molar-refractivity contribution in [2.75, 3.05) is 27.3 Å². The van der Waals surface area contributed by atoms with E-state index in [9.17, 15) is 0 Å². The number of ether oxygens (including phenoxy) is 2. The van der Waals surface area contributed by atoms with Crippen molar-refractivity contribution in [1.82, 2.24) is 5.32 Å². The van der Waals surface area contributed by atoms with Gasteiger partial charge in [0.1, 0.15) is 0 Å². The van der Waals surface area contributed by atoms with Crippen molar-refractivity contribution < 1.29 is 9.47 Å². The summed E-state index contributed by atoms with van der Waals surface area (Å²) in [7, 11) is 3.45. The summed E-state index contributed by atoms with van der Waals surface area (Å²) in [5.74, 6) is 3.30. The Morgan fingerprint density at radius 2 is 2.00 bits per heavy atom. The van der Waals surface area contributed by atoms with E-state index in [0.29, 0.717) is 5.92 Å². The van der Waals surface area contributed by atoms with Crippen LogP contribution in [0.5, 0.6) is 11.5 Å². The molecule has 1 N–H and O–H groups in total. The average molecular weight is 284 g/mol. The molecule has 106 valence electrons. The second-order valence-corrected chi connectivity index (χ2v) is 5.27. The summed E-state index contributed by atoms with van der Waals surface area (Å²) < 4.78 is 11.0. The molecule has 2 aliphatic rings. The third-order valence-electron chi connectivity index (χ3n) is 4.47. The van der Waals surface area contributed by atoms with Crippen LogP contribution in [0.1, 0.15) is 29.9 Å². The van der Waals surface area contributed by atoms with Crippen molar-refractivity contribution >= 4 is 12.4 Å². The molecule has 4 heteroatoms. The molecular weight excluding hydrogens is 262 g/mol. The van der Waals surface area contributed by atoms with E-state index in [0.717, 1.165) is 30.4 Å². The van der Waals surface area contributed by atoms with Crippen LogP contribution in [-0.4, -0.2) is 27.3 Å². The van der Waals surface area contributed by atoms with Crippen LogP contribution in [0.25, 0.3) is 0 Å². The SMILES string of the molecule is COc1ccc2c(c1OC)CC[C@H]1CCNC[C@@H]21.Cl. The first-order valence-electron chi connectivity index (χ1n) is 6.79. The Kier molecular flexibility index (Phi) is 4.58. The second-order valence-electron chi connectivity index (χ2n) is 5.27. The van der Waals surface area contributed by atoms with Gasteiger partial charge in [-0.3, -0.25) is 0 Å². The molecule has 0 aromatic heterocycles. The van der Waals surface area contributed by atoms with Crippen LogP contribution in [0.4, 0.5) is 0 Å². The van der Waals surface area contributed by atoms with E-state index < -0.39 is 0 Å². The minimum absolute atomic E-state index is 0. The van der Waals surface area contributed by atoms with Crippen LogP contribution in [0.2, 0.25) is 0 Å². The summed E-state index contributed by atoms with van der Waals surface area (Å²) in [6.07, 6.45) is 3.71. The Labute approximate surface area is 121 Å². The van der Waals surface area contributed by atoms with Crippen LogP contribution in [-0.2, 0) is 6.42 Å². The summed E-state index contributed by atoms with van der Waals surface area (Å²) in [6, 6.07) is 4.29. The molecular formula is C15H22ClNO2. The molecule has 1 fully saturated rings. The van der Waals surface area contributed by atoms with Gasteiger partial charge in [0.2, 0.25) is 0 Å². The monoisotopic (exact) mass is 283 g/mol. The highest BCUT2D eigenvalue weighted by atomic mass is 35.5. The Morgan fingerprint density at radius 3 is 2.74 bits per heavy atom. The molecule has 3 rings (SSSR count). The number of methoxy groups -OCH3 is 2. The molecule has 0 unspecified atom stereocenters. The lowest BCUT2D eigenvalue weighted by atomic mass is 9.72. The van der Waals surface area contributed by atoms with E-state index >= 15 is 0 Å². The normalized spacial score (nSPS) is 24.7. The largest absolute Gasteiger partial charge is 0.493 e. The molecule has 1 aromatic carbocycles. The van der Waals surface area contributed by atoms with Gasteiger partial charge in [0, 0.05) is 12.1 Å². The van der Waals surface area contributed by atoms with Gasteiger partial charge in [0.25, 0.3) is 0 Å². The standard InChI is InChI=1S/C15H21NO2.ClH/c1-17-14-6-5-11-12(15(14)18-2)4-3-10-7-8-16-9-13(10)11;/h5-6,10,13,16H,3-4,7-9H2,1-2H3;1H/t10-,13+;/m0./s1. The highest BCUT2D eigenvalue weighted by molar-refractivity contribution is 5.85. The van der Waals surface area contributed by atoms with E-state index in [2.05, 4.69) is 17.4 Å². The third kappa shape index (κ3) is 2.41. The van der Waals surface area contributed by atoms with Gasteiger partial charge in [-0.1, -0.05) is 6.07 Å². The molecule has 0 bridgehead atoms. The van der Waals surface area contributed by atoms with Crippen molar-refractivity contribution in [2.24, 2.45) is 5.92 Å². The quantitative estimate of drug-likeness (QED) is 0.905. The summed E-state index contributed by atoms with van der Waals surface area (Å²) in [5.41, 5.74) is 2.83. The Hall–Kier alpha value is -0.930. The molecule has 3 nitrogen and oxygen atoms in total. The van der Waals surface area contributed by atoms with Gasteiger partial charge in [0.15, 0.2) is 11.5 Å². The highest BCUT2D eigenvalue weighted by Crippen LogP contribution is 2.45. The van der Waals surface area contributed by atoms with Gasteiger partial charge in [0.05, 0.1) is 14.2 Å². The molecule has 0 saturated carbocycles. The van der Waals surface area contributed by atoms with Gasteiger partial charge in [-0.15, -0.1) is 12.4 Å². The zero-order valence-corrected chi connectivity index (χ0v) is 12.4. The Bertz CT molecular complexity index is 450. The molecule has 1 saturated heterocycles. The smallest absolute Gasteiger partial charge is 0.164 e. The van der Waals surface area contributed by atoms with Crippen molar-refractivity contribution in [3.63, 3.8) is 0 Å². The van der Waals surface area contributed by atoms with E-state index in [1.807, 2.05) is 0 Å². The third-order valence-corrected chi connectivity index (χ3v) is 4.47.